The minimum atomic E-state index is -1.41. The summed E-state index contributed by atoms with van der Waals surface area (Å²) in [6, 6.07) is 11.6. The van der Waals surface area contributed by atoms with Crippen LogP contribution in [-0.4, -0.2) is 46.8 Å². The molecule has 0 saturated heterocycles. The van der Waals surface area contributed by atoms with E-state index in [0.29, 0.717) is 23.8 Å². The van der Waals surface area contributed by atoms with Crippen molar-refractivity contribution in [3.8, 4) is 5.75 Å². The van der Waals surface area contributed by atoms with E-state index in [0.717, 1.165) is 61.7 Å². The number of carbonyl (C=O) groups excluding carboxylic acids is 1. The highest BCUT2D eigenvalue weighted by Crippen LogP contribution is 2.42. The van der Waals surface area contributed by atoms with Gasteiger partial charge in [0.05, 0.1) is 18.4 Å². The van der Waals surface area contributed by atoms with E-state index in [1.165, 1.54) is 17.5 Å². The molecule has 4 rings (SSSR count). The summed E-state index contributed by atoms with van der Waals surface area (Å²) >= 11 is 6.37. The van der Waals surface area contributed by atoms with Gasteiger partial charge < -0.3 is 14.7 Å². The maximum absolute atomic E-state index is 12.8. The summed E-state index contributed by atoms with van der Waals surface area (Å²) in [5.74, 6) is 1.39. The van der Waals surface area contributed by atoms with Gasteiger partial charge in [0.1, 0.15) is 16.7 Å². The third kappa shape index (κ3) is 9.08. The molecular formula is C34H49ClN2O4S. The summed E-state index contributed by atoms with van der Waals surface area (Å²) in [5, 5.41) is 11.5. The van der Waals surface area contributed by atoms with Crippen LogP contribution in [0, 0.1) is 11.8 Å². The number of nitrogens with zero attached hydrogens (tertiary/aromatic N) is 1. The van der Waals surface area contributed by atoms with Gasteiger partial charge in [-0.2, -0.15) is 0 Å². The van der Waals surface area contributed by atoms with Gasteiger partial charge in [-0.05, 0) is 79.0 Å². The Kier molecular flexibility index (Phi) is 13.9. The molecule has 1 saturated carbocycles. The number of nitrogens with one attached hydrogen (secondary N) is 1. The average Bonchev–Trinajstić information content (AvgIpc) is 3.13. The molecule has 1 aliphatic carbocycles. The van der Waals surface area contributed by atoms with Crippen LogP contribution in [0.15, 0.2) is 48.6 Å². The Morgan fingerprint density at radius 2 is 1.93 bits per heavy atom. The van der Waals surface area contributed by atoms with Crippen LogP contribution in [0.4, 0.5) is 5.69 Å². The fourth-order valence-corrected chi connectivity index (χ4v) is 6.33. The van der Waals surface area contributed by atoms with Crippen LogP contribution in [0.2, 0.25) is 5.02 Å². The standard InChI is InChI=1S/C31H41ClN2O4S.C3H8/c1-4-7-9-29(35)27-13-10-23(27)18-34-19-24(26-14-12-25(32)16-21(26)8-5-2)20-38-30-15-11-22(17-28(30)34)31(36)33-39(37)6-3;1-3-2/h7,9,11-12,14-17,23-24,27,29,35H,4-6,8,10,13,18-20H2,1-3H3,(H,33,36);3H2,1-2H3/b9-7+;. The molecule has 232 valence electrons. The minimum absolute atomic E-state index is 0.115. The second-order valence-electron chi connectivity index (χ2n) is 11.3. The van der Waals surface area contributed by atoms with Gasteiger partial charge in [0.2, 0.25) is 0 Å². The highest BCUT2D eigenvalue weighted by Gasteiger charge is 2.38. The molecule has 0 spiro atoms. The van der Waals surface area contributed by atoms with Crippen molar-refractivity contribution >= 4 is 34.2 Å². The molecule has 6 nitrogen and oxygen atoms in total. The molecule has 2 N–H and O–H groups in total. The van der Waals surface area contributed by atoms with Gasteiger partial charge in [-0.3, -0.25) is 9.52 Å². The number of aryl methyl sites for hydroxylation is 1. The van der Waals surface area contributed by atoms with Crippen molar-refractivity contribution < 1.29 is 18.8 Å². The predicted molar refractivity (Wildman–Crippen MR) is 176 cm³/mol. The Morgan fingerprint density at radius 1 is 1.17 bits per heavy atom. The van der Waals surface area contributed by atoms with Gasteiger partial charge in [0.15, 0.2) is 0 Å². The van der Waals surface area contributed by atoms with Crippen molar-refractivity contribution in [2.75, 3.05) is 30.3 Å². The van der Waals surface area contributed by atoms with E-state index in [1.54, 1.807) is 13.0 Å². The second-order valence-corrected chi connectivity index (χ2v) is 13.2. The number of aliphatic hydroxyl groups excluding tert-OH is 1. The summed E-state index contributed by atoms with van der Waals surface area (Å²) in [6.45, 7) is 12.3. The lowest BCUT2D eigenvalue weighted by atomic mass is 9.70. The summed E-state index contributed by atoms with van der Waals surface area (Å²) in [7, 11) is -1.41. The Bertz CT molecular complexity index is 1220. The molecule has 5 unspecified atom stereocenters. The molecule has 2 aromatic carbocycles. The quantitative estimate of drug-likeness (QED) is 0.256. The van der Waals surface area contributed by atoms with Crippen LogP contribution < -0.4 is 14.4 Å². The van der Waals surface area contributed by atoms with Crippen LogP contribution in [-0.2, 0) is 17.4 Å². The van der Waals surface area contributed by atoms with Gasteiger partial charge in [-0.1, -0.05) is 77.3 Å². The van der Waals surface area contributed by atoms with Crippen molar-refractivity contribution in [1.29, 1.82) is 0 Å². The highest BCUT2D eigenvalue weighted by atomic mass is 35.5. The number of rotatable bonds is 11. The average molecular weight is 617 g/mol. The number of benzene rings is 2. The number of ether oxygens (including phenoxy) is 1. The smallest absolute Gasteiger partial charge is 0.263 e. The molecule has 1 aliphatic heterocycles. The van der Waals surface area contributed by atoms with Crippen LogP contribution in [0.1, 0.15) is 94.1 Å². The van der Waals surface area contributed by atoms with E-state index in [2.05, 4.69) is 49.4 Å². The zero-order chi connectivity index (χ0) is 30.6. The van der Waals surface area contributed by atoms with Gasteiger partial charge in [-0.15, -0.1) is 0 Å². The molecule has 1 heterocycles. The van der Waals surface area contributed by atoms with E-state index in [9.17, 15) is 14.1 Å². The molecule has 8 heteroatoms. The number of hydrogen-bond acceptors (Lipinski definition) is 5. The third-order valence-electron chi connectivity index (χ3n) is 7.91. The fourth-order valence-electron chi connectivity index (χ4n) is 5.66. The number of allylic oxidation sites excluding steroid dienone is 1. The Labute approximate surface area is 260 Å². The van der Waals surface area contributed by atoms with Gasteiger partial charge in [0.25, 0.3) is 5.91 Å². The van der Waals surface area contributed by atoms with Crippen LogP contribution in [0.3, 0.4) is 0 Å². The van der Waals surface area contributed by atoms with E-state index in [4.69, 9.17) is 16.3 Å². The highest BCUT2D eigenvalue weighted by molar-refractivity contribution is 7.83. The molecule has 42 heavy (non-hydrogen) atoms. The molecule has 0 aromatic heterocycles. The normalized spacial score (nSPS) is 21.2. The van der Waals surface area contributed by atoms with Crippen LogP contribution >= 0.6 is 11.6 Å². The number of aliphatic hydroxyl groups is 1. The van der Waals surface area contributed by atoms with E-state index < -0.39 is 17.1 Å². The molecular weight excluding hydrogens is 568 g/mol. The second kappa shape index (κ2) is 17.1. The molecule has 1 fully saturated rings. The lowest BCUT2D eigenvalue weighted by Crippen LogP contribution is -2.44. The van der Waals surface area contributed by atoms with Crippen LogP contribution in [0.25, 0.3) is 0 Å². The molecule has 1 amide bonds. The first-order valence-corrected chi connectivity index (χ1v) is 17.3. The van der Waals surface area contributed by atoms with E-state index in [-0.39, 0.29) is 17.7 Å². The molecule has 0 bridgehead atoms. The first-order chi connectivity index (χ1) is 20.3. The van der Waals surface area contributed by atoms with Crippen molar-refractivity contribution in [3.63, 3.8) is 0 Å². The van der Waals surface area contributed by atoms with E-state index >= 15 is 0 Å². The molecule has 2 aliphatic rings. The number of fused-ring (bicyclic) bond motifs is 1. The maximum Gasteiger partial charge on any atom is 0.263 e. The molecule has 0 radical (unpaired) electrons. The third-order valence-corrected chi connectivity index (χ3v) is 9.09. The summed E-state index contributed by atoms with van der Waals surface area (Å²) in [4.78, 5) is 15.2. The van der Waals surface area contributed by atoms with Crippen LogP contribution in [0.5, 0.6) is 5.75 Å². The first kappa shape index (κ1) is 34.1. The van der Waals surface area contributed by atoms with Gasteiger partial charge >= 0.3 is 0 Å². The Hall–Kier alpha value is -2.35. The SMILES string of the molecule is CC/C=C/C(O)C1CCC1CN1CC(c2ccc(Cl)cc2CCC)COc2ccc(C(=O)NS(=O)CC)cc21.CCC. The Balaban J connectivity index is 0.00000155. The zero-order valence-corrected chi connectivity index (χ0v) is 27.5. The summed E-state index contributed by atoms with van der Waals surface area (Å²) < 4.78 is 20.9. The maximum atomic E-state index is 12.8. The topological polar surface area (TPSA) is 78.9 Å². The Morgan fingerprint density at radius 3 is 2.57 bits per heavy atom. The summed E-state index contributed by atoms with van der Waals surface area (Å²) in [6.07, 6.45) is 9.69. The monoisotopic (exact) mass is 616 g/mol. The lowest BCUT2D eigenvalue weighted by molar-refractivity contribution is 0.0461. The predicted octanol–water partition coefficient (Wildman–Crippen LogP) is 7.46. The minimum Gasteiger partial charge on any atom is -0.491 e. The van der Waals surface area contributed by atoms with Crippen molar-refractivity contribution in [1.82, 2.24) is 4.72 Å². The fraction of sp³-hybridized carbons (Fsp3) is 0.559. The first-order valence-electron chi connectivity index (χ1n) is 15.6. The van der Waals surface area contributed by atoms with Crippen molar-refractivity contribution in [2.24, 2.45) is 11.8 Å². The molecule has 2 aromatic rings. The largest absolute Gasteiger partial charge is 0.491 e. The van der Waals surface area contributed by atoms with Gasteiger partial charge in [0, 0.05) is 35.3 Å². The van der Waals surface area contributed by atoms with Crippen molar-refractivity contribution in [3.05, 3.63) is 70.3 Å². The summed E-state index contributed by atoms with van der Waals surface area (Å²) in [5.41, 5.74) is 3.80. The number of anilines is 1. The van der Waals surface area contributed by atoms with Crippen molar-refractivity contribution in [2.45, 2.75) is 85.2 Å². The zero-order valence-electron chi connectivity index (χ0n) is 25.9. The van der Waals surface area contributed by atoms with E-state index in [1.807, 2.05) is 30.4 Å². The van der Waals surface area contributed by atoms with Gasteiger partial charge in [-0.25, -0.2) is 4.21 Å². The number of hydrogen-bond donors (Lipinski definition) is 2. The molecule has 5 atom stereocenters. The number of halogens is 1. The number of amides is 1. The lowest BCUT2D eigenvalue weighted by Gasteiger charge is -2.42. The number of carbonyl (C=O) groups is 1.